The predicted octanol–water partition coefficient (Wildman–Crippen LogP) is 2.72. The maximum absolute atomic E-state index is 5.48. The van der Waals surface area contributed by atoms with E-state index in [2.05, 4.69) is 11.4 Å². The Morgan fingerprint density at radius 1 is 1.33 bits per heavy atom. The van der Waals surface area contributed by atoms with E-state index in [0.29, 0.717) is 12.0 Å². The number of hydrogen-bond acceptors (Lipinski definition) is 4. The number of nitrogens with one attached hydrogen (secondary N) is 1. The molecule has 1 heterocycles. The van der Waals surface area contributed by atoms with Crippen molar-refractivity contribution in [2.24, 2.45) is 5.92 Å². The third-order valence-electron chi connectivity index (χ3n) is 3.52. The van der Waals surface area contributed by atoms with Crippen LogP contribution < -0.4 is 14.8 Å². The molecule has 1 aliphatic heterocycles. The lowest BCUT2D eigenvalue weighted by molar-refractivity contribution is 0.367. The molecule has 2 rings (SSSR count). The Morgan fingerprint density at radius 3 is 2.72 bits per heavy atom. The molecule has 4 heteroatoms. The summed E-state index contributed by atoms with van der Waals surface area (Å²) in [5.74, 6) is 4.96. The Hall–Kier alpha value is -0.870. The zero-order valence-electron chi connectivity index (χ0n) is 11.2. The van der Waals surface area contributed by atoms with E-state index >= 15 is 0 Å². The van der Waals surface area contributed by atoms with Gasteiger partial charge in [-0.3, -0.25) is 0 Å². The molecule has 2 unspecified atom stereocenters. The predicted molar refractivity (Wildman–Crippen MR) is 76.8 cm³/mol. The number of benzene rings is 1. The van der Waals surface area contributed by atoms with Gasteiger partial charge < -0.3 is 14.8 Å². The smallest absolute Gasteiger partial charge is 0.123 e. The van der Waals surface area contributed by atoms with Crippen LogP contribution in [0.15, 0.2) is 18.2 Å². The maximum atomic E-state index is 5.48. The minimum absolute atomic E-state index is 0.338. The molecule has 1 aliphatic rings. The average molecular weight is 267 g/mol. The van der Waals surface area contributed by atoms with Gasteiger partial charge in [0.1, 0.15) is 11.5 Å². The van der Waals surface area contributed by atoms with Crippen LogP contribution in [0.5, 0.6) is 11.5 Å². The number of rotatable bonds is 5. The van der Waals surface area contributed by atoms with Gasteiger partial charge in [-0.1, -0.05) is 0 Å². The molecule has 0 aliphatic carbocycles. The number of ether oxygens (including phenoxy) is 2. The molecular weight excluding hydrogens is 246 g/mol. The molecule has 1 aromatic rings. The maximum Gasteiger partial charge on any atom is 0.123 e. The molecule has 0 bridgehead atoms. The van der Waals surface area contributed by atoms with Crippen molar-refractivity contribution in [1.82, 2.24) is 5.32 Å². The van der Waals surface area contributed by atoms with Crippen LogP contribution >= 0.6 is 11.8 Å². The van der Waals surface area contributed by atoms with E-state index in [1.165, 1.54) is 23.5 Å². The molecule has 1 fully saturated rings. The average Bonchev–Trinajstić information content (AvgIpc) is 2.93. The van der Waals surface area contributed by atoms with Gasteiger partial charge in [0, 0.05) is 11.6 Å². The van der Waals surface area contributed by atoms with Crippen molar-refractivity contribution in [3.63, 3.8) is 0 Å². The van der Waals surface area contributed by atoms with Gasteiger partial charge in [-0.25, -0.2) is 0 Å². The molecule has 0 radical (unpaired) electrons. The molecule has 1 saturated heterocycles. The lowest BCUT2D eigenvalue weighted by atomic mass is 9.92. The van der Waals surface area contributed by atoms with E-state index in [0.717, 1.165) is 11.5 Å². The Balaban J connectivity index is 2.32. The van der Waals surface area contributed by atoms with E-state index in [-0.39, 0.29) is 0 Å². The molecule has 3 nitrogen and oxygen atoms in total. The van der Waals surface area contributed by atoms with Crippen molar-refractivity contribution in [1.29, 1.82) is 0 Å². The molecule has 0 amide bonds. The first kappa shape index (κ1) is 13.6. The second-order valence-electron chi connectivity index (χ2n) is 4.50. The van der Waals surface area contributed by atoms with E-state index in [4.69, 9.17) is 9.47 Å². The fourth-order valence-electron chi connectivity index (χ4n) is 2.54. The van der Waals surface area contributed by atoms with Crippen molar-refractivity contribution in [2.75, 3.05) is 32.8 Å². The van der Waals surface area contributed by atoms with Crippen LogP contribution in [0.1, 0.15) is 18.0 Å². The fraction of sp³-hybridized carbons (Fsp3) is 0.571. The Morgan fingerprint density at radius 2 is 2.17 bits per heavy atom. The van der Waals surface area contributed by atoms with Gasteiger partial charge in [0.25, 0.3) is 0 Å². The molecule has 0 saturated carbocycles. The summed E-state index contributed by atoms with van der Waals surface area (Å²) in [5.41, 5.74) is 1.20. The summed E-state index contributed by atoms with van der Waals surface area (Å²) >= 11 is 2.03. The van der Waals surface area contributed by atoms with Gasteiger partial charge in [-0.15, -0.1) is 0 Å². The molecule has 0 aromatic heterocycles. The van der Waals surface area contributed by atoms with Crippen LogP contribution in [0.3, 0.4) is 0 Å². The minimum Gasteiger partial charge on any atom is -0.497 e. The third-order valence-corrected chi connectivity index (χ3v) is 4.71. The number of methoxy groups -OCH3 is 2. The third kappa shape index (κ3) is 2.75. The SMILES string of the molecule is CNC(c1cc(OC)ccc1OC)C1CCSC1. The summed E-state index contributed by atoms with van der Waals surface area (Å²) in [6.07, 6.45) is 1.26. The molecule has 0 spiro atoms. The van der Waals surface area contributed by atoms with Gasteiger partial charge in [0.15, 0.2) is 0 Å². The van der Waals surface area contributed by atoms with Crippen molar-refractivity contribution in [3.05, 3.63) is 23.8 Å². The summed E-state index contributed by atoms with van der Waals surface area (Å²) in [4.78, 5) is 0. The Kier molecular flexibility index (Phi) is 4.78. The highest BCUT2D eigenvalue weighted by atomic mass is 32.2. The Labute approximate surface area is 113 Å². The second-order valence-corrected chi connectivity index (χ2v) is 5.65. The largest absolute Gasteiger partial charge is 0.497 e. The van der Waals surface area contributed by atoms with E-state index in [1.807, 2.05) is 30.9 Å². The lowest BCUT2D eigenvalue weighted by Gasteiger charge is -2.25. The van der Waals surface area contributed by atoms with E-state index in [1.54, 1.807) is 14.2 Å². The molecular formula is C14H21NO2S. The van der Waals surface area contributed by atoms with Crippen LogP contribution in [0.2, 0.25) is 0 Å². The quantitative estimate of drug-likeness (QED) is 0.888. The first-order valence-electron chi connectivity index (χ1n) is 6.27. The summed E-state index contributed by atoms with van der Waals surface area (Å²) in [5, 5.41) is 3.44. The zero-order chi connectivity index (χ0) is 13.0. The number of thioether (sulfide) groups is 1. The normalized spacial score (nSPS) is 20.7. The van der Waals surface area contributed by atoms with Gasteiger partial charge in [0.05, 0.1) is 14.2 Å². The van der Waals surface area contributed by atoms with Crippen molar-refractivity contribution in [3.8, 4) is 11.5 Å². The summed E-state index contributed by atoms with van der Waals surface area (Å²) in [6, 6.07) is 6.35. The van der Waals surface area contributed by atoms with Crippen molar-refractivity contribution in [2.45, 2.75) is 12.5 Å². The summed E-state index contributed by atoms with van der Waals surface area (Å²) in [7, 11) is 5.44. The monoisotopic (exact) mass is 267 g/mol. The van der Waals surface area contributed by atoms with Crippen molar-refractivity contribution >= 4 is 11.8 Å². The van der Waals surface area contributed by atoms with Crippen LogP contribution in [0.25, 0.3) is 0 Å². The summed E-state index contributed by atoms with van der Waals surface area (Å²) in [6.45, 7) is 0. The van der Waals surface area contributed by atoms with Gasteiger partial charge >= 0.3 is 0 Å². The second kappa shape index (κ2) is 6.34. The fourth-order valence-corrected chi connectivity index (χ4v) is 3.84. The lowest BCUT2D eigenvalue weighted by Crippen LogP contribution is -2.25. The van der Waals surface area contributed by atoms with Gasteiger partial charge in [-0.2, -0.15) is 11.8 Å². The van der Waals surface area contributed by atoms with E-state index in [9.17, 15) is 0 Å². The van der Waals surface area contributed by atoms with Crippen LogP contribution in [-0.2, 0) is 0 Å². The van der Waals surface area contributed by atoms with Crippen LogP contribution in [0, 0.1) is 5.92 Å². The minimum atomic E-state index is 0.338. The highest BCUT2D eigenvalue weighted by molar-refractivity contribution is 7.99. The highest BCUT2D eigenvalue weighted by Gasteiger charge is 2.27. The molecule has 18 heavy (non-hydrogen) atoms. The zero-order valence-corrected chi connectivity index (χ0v) is 12.0. The first-order chi connectivity index (χ1) is 8.80. The van der Waals surface area contributed by atoms with E-state index < -0.39 is 0 Å². The molecule has 100 valence electrons. The molecule has 1 N–H and O–H groups in total. The molecule has 2 atom stereocenters. The Bertz CT molecular complexity index is 391. The van der Waals surface area contributed by atoms with Crippen molar-refractivity contribution < 1.29 is 9.47 Å². The van der Waals surface area contributed by atoms with Gasteiger partial charge in [0.2, 0.25) is 0 Å². The first-order valence-corrected chi connectivity index (χ1v) is 7.42. The number of hydrogen-bond donors (Lipinski definition) is 1. The van der Waals surface area contributed by atoms with Crippen LogP contribution in [0.4, 0.5) is 0 Å². The topological polar surface area (TPSA) is 30.5 Å². The van der Waals surface area contributed by atoms with Gasteiger partial charge in [-0.05, 0) is 49.1 Å². The standard InChI is InChI=1S/C14H21NO2S/c1-15-14(10-6-7-18-9-10)12-8-11(16-2)4-5-13(12)17-3/h4-5,8,10,14-15H,6-7,9H2,1-3H3. The highest BCUT2D eigenvalue weighted by Crippen LogP contribution is 2.38. The van der Waals surface area contributed by atoms with Crippen LogP contribution in [-0.4, -0.2) is 32.8 Å². The molecule has 1 aromatic carbocycles. The summed E-state index contributed by atoms with van der Waals surface area (Å²) < 4.78 is 10.8.